The van der Waals surface area contributed by atoms with Gasteiger partial charge in [0.1, 0.15) is 0 Å². The number of hydrogen-bond donors (Lipinski definition) is 1. The Bertz CT molecular complexity index is 383. The molecule has 2 fully saturated rings. The molecule has 1 saturated heterocycles. The molecular formula is C14H22N2O3. The summed E-state index contributed by atoms with van der Waals surface area (Å²) in [4.78, 5) is 25.8. The zero-order valence-electron chi connectivity index (χ0n) is 11.5. The lowest BCUT2D eigenvalue weighted by molar-refractivity contribution is -0.153. The summed E-state index contributed by atoms with van der Waals surface area (Å²) in [6.45, 7) is 5.86. The highest BCUT2D eigenvalue weighted by Crippen LogP contribution is 2.49. The molecule has 19 heavy (non-hydrogen) atoms. The predicted molar refractivity (Wildman–Crippen MR) is 71.4 cm³/mol. The minimum Gasteiger partial charge on any atom is -0.469 e. The Balaban J connectivity index is 1.96. The molecule has 1 heterocycles. The van der Waals surface area contributed by atoms with E-state index >= 15 is 0 Å². The second-order valence-corrected chi connectivity index (χ2v) is 5.50. The molecule has 0 unspecified atom stereocenters. The number of nitrogens with one attached hydrogen (secondary N) is 1. The molecule has 106 valence electrons. The van der Waals surface area contributed by atoms with E-state index in [-0.39, 0.29) is 17.3 Å². The first-order valence-corrected chi connectivity index (χ1v) is 6.81. The second-order valence-electron chi connectivity index (χ2n) is 5.50. The van der Waals surface area contributed by atoms with Gasteiger partial charge in [0.25, 0.3) is 0 Å². The molecule has 1 aliphatic carbocycles. The van der Waals surface area contributed by atoms with Crippen LogP contribution in [0.4, 0.5) is 0 Å². The number of hydrogen-bond acceptors (Lipinski definition) is 4. The van der Waals surface area contributed by atoms with Gasteiger partial charge in [-0.05, 0) is 18.8 Å². The molecule has 0 aromatic heterocycles. The maximum atomic E-state index is 12.1. The number of rotatable bonds is 5. The average Bonchev–Trinajstić information content (AvgIpc) is 2.92. The normalized spacial score (nSPS) is 29.8. The van der Waals surface area contributed by atoms with Crippen LogP contribution in [0, 0.1) is 11.3 Å². The third-order valence-corrected chi connectivity index (χ3v) is 4.34. The summed E-state index contributed by atoms with van der Waals surface area (Å²) in [6, 6.07) is 0. The van der Waals surface area contributed by atoms with Crippen molar-refractivity contribution in [1.29, 1.82) is 0 Å². The summed E-state index contributed by atoms with van der Waals surface area (Å²) in [5, 5.41) is 2.77. The summed E-state index contributed by atoms with van der Waals surface area (Å²) < 4.78 is 4.98. The Morgan fingerprint density at radius 1 is 1.58 bits per heavy atom. The second kappa shape index (κ2) is 5.74. The van der Waals surface area contributed by atoms with Crippen molar-refractivity contribution in [2.75, 3.05) is 33.3 Å². The highest BCUT2D eigenvalue weighted by Gasteiger charge is 2.55. The number of amides is 1. The molecule has 2 aliphatic rings. The van der Waals surface area contributed by atoms with E-state index in [1.165, 1.54) is 7.11 Å². The fourth-order valence-corrected chi connectivity index (χ4v) is 3.50. The van der Waals surface area contributed by atoms with Gasteiger partial charge in [-0.1, -0.05) is 12.5 Å². The highest BCUT2D eigenvalue weighted by atomic mass is 16.5. The number of likely N-dealkylation sites (tertiary alicyclic amines) is 1. The van der Waals surface area contributed by atoms with Crippen LogP contribution in [-0.2, 0) is 14.3 Å². The van der Waals surface area contributed by atoms with Crippen molar-refractivity contribution in [2.24, 2.45) is 11.3 Å². The molecule has 5 heteroatoms. The van der Waals surface area contributed by atoms with Crippen LogP contribution in [0.5, 0.6) is 0 Å². The van der Waals surface area contributed by atoms with E-state index < -0.39 is 0 Å². The van der Waals surface area contributed by atoms with Gasteiger partial charge in [0.05, 0.1) is 19.1 Å². The molecule has 5 nitrogen and oxygen atoms in total. The Hall–Kier alpha value is -1.36. The van der Waals surface area contributed by atoms with Crippen molar-refractivity contribution in [2.45, 2.75) is 19.3 Å². The molecule has 2 rings (SSSR count). The molecule has 0 radical (unpaired) electrons. The maximum Gasteiger partial charge on any atom is 0.313 e. The Kier molecular flexibility index (Phi) is 4.24. The van der Waals surface area contributed by atoms with Crippen LogP contribution in [0.1, 0.15) is 19.3 Å². The number of ether oxygens (including phenoxy) is 1. The van der Waals surface area contributed by atoms with Crippen LogP contribution in [0.25, 0.3) is 0 Å². The maximum absolute atomic E-state index is 12.1. The first kappa shape index (κ1) is 14.1. The van der Waals surface area contributed by atoms with Crippen molar-refractivity contribution < 1.29 is 14.3 Å². The third-order valence-electron chi connectivity index (χ3n) is 4.34. The Labute approximate surface area is 114 Å². The molecule has 0 aromatic rings. The van der Waals surface area contributed by atoms with Gasteiger partial charge in [-0.2, -0.15) is 0 Å². The number of nitrogens with zero attached hydrogens (tertiary/aromatic N) is 1. The minimum atomic E-state index is -0.368. The van der Waals surface area contributed by atoms with Crippen LogP contribution in [0.15, 0.2) is 12.7 Å². The predicted octanol–water partition coefficient (Wildman–Crippen LogP) is 0.564. The third kappa shape index (κ3) is 2.66. The highest BCUT2D eigenvalue weighted by molar-refractivity contribution is 5.80. The first-order chi connectivity index (χ1) is 9.12. The molecular weight excluding hydrogens is 244 g/mol. The zero-order chi connectivity index (χ0) is 13.9. The standard InChI is InChI=1S/C14H22N2O3/c1-3-7-15-12(17)9-16-8-11-5-4-6-14(11,10-16)13(18)19-2/h3,11H,1,4-10H2,2H3,(H,15,17)/t11-,14+/m1/s1. The Morgan fingerprint density at radius 2 is 2.37 bits per heavy atom. The lowest BCUT2D eigenvalue weighted by Crippen LogP contribution is -2.40. The van der Waals surface area contributed by atoms with E-state index in [0.717, 1.165) is 25.8 Å². The number of carbonyl (C=O) groups excluding carboxylic acids is 2. The quantitative estimate of drug-likeness (QED) is 0.583. The first-order valence-electron chi connectivity index (χ1n) is 6.81. The van der Waals surface area contributed by atoms with Crippen LogP contribution in [-0.4, -0.2) is 50.1 Å². The van der Waals surface area contributed by atoms with Gasteiger partial charge in [0.15, 0.2) is 0 Å². The molecule has 1 N–H and O–H groups in total. The van der Waals surface area contributed by atoms with E-state index in [0.29, 0.717) is 25.6 Å². The van der Waals surface area contributed by atoms with E-state index in [4.69, 9.17) is 4.74 Å². The number of carbonyl (C=O) groups is 2. The molecule has 1 amide bonds. The van der Waals surface area contributed by atoms with Gasteiger partial charge in [-0.25, -0.2) is 0 Å². The van der Waals surface area contributed by atoms with Gasteiger partial charge in [-0.15, -0.1) is 6.58 Å². The van der Waals surface area contributed by atoms with E-state index in [9.17, 15) is 9.59 Å². The van der Waals surface area contributed by atoms with Gasteiger partial charge in [0.2, 0.25) is 5.91 Å². The van der Waals surface area contributed by atoms with E-state index in [2.05, 4.69) is 16.8 Å². The van der Waals surface area contributed by atoms with Crippen LogP contribution >= 0.6 is 0 Å². The van der Waals surface area contributed by atoms with Gasteiger partial charge in [-0.3, -0.25) is 14.5 Å². The van der Waals surface area contributed by atoms with Crippen LogP contribution in [0.3, 0.4) is 0 Å². The number of methoxy groups -OCH3 is 1. The van der Waals surface area contributed by atoms with Crippen molar-refractivity contribution in [3.8, 4) is 0 Å². The summed E-state index contributed by atoms with van der Waals surface area (Å²) in [5.74, 6) is 0.219. The van der Waals surface area contributed by atoms with E-state index in [1.807, 2.05) is 0 Å². The monoisotopic (exact) mass is 266 g/mol. The molecule has 1 aliphatic heterocycles. The topological polar surface area (TPSA) is 58.6 Å². The fraction of sp³-hybridized carbons (Fsp3) is 0.714. The lowest BCUT2D eigenvalue weighted by atomic mass is 9.81. The number of fused-ring (bicyclic) bond motifs is 1. The molecule has 1 saturated carbocycles. The fourth-order valence-electron chi connectivity index (χ4n) is 3.50. The molecule has 0 aromatic carbocycles. The zero-order valence-corrected chi connectivity index (χ0v) is 11.5. The largest absolute Gasteiger partial charge is 0.469 e. The summed E-state index contributed by atoms with van der Waals surface area (Å²) in [6.07, 6.45) is 4.68. The van der Waals surface area contributed by atoms with Gasteiger partial charge < -0.3 is 10.1 Å². The van der Waals surface area contributed by atoms with Crippen molar-refractivity contribution in [3.05, 3.63) is 12.7 Å². The van der Waals surface area contributed by atoms with Crippen LogP contribution in [0.2, 0.25) is 0 Å². The minimum absolute atomic E-state index is 0.0140. The van der Waals surface area contributed by atoms with Crippen molar-refractivity contribution in [3.63, 3.8) is 0 Å². The lowest BCUT2D eigenvalue weighted by Gasteiger charge is -2.25. The van der Waals surface area contributed by atoms with Crippen molar-refractivity contribution in [1.82, 2.24) is 10.2 Å². The number of esters is 1. The summed E-state index contributed by atoms with van der Waals surface area (Å²) >= 11 is 0. The van der Waals surface area contributed by atoms with Crippen molar-refractivity contribution >= 4 is 11.9 Å². The molecule has 0 bridgehead atoms. The molecule has 2 atom stereocenters. The Morgan fingerprint density at radius 3 is 3.05 bits per heavy atom. The SMILES string of the molecule is C=CCNC(=O)CN1C[C@H]2CCC[C@]2(C(=O)OC)C1. The van der Waals surface area contributed by atoms with Gasteiger partial charge >= 0.3 is 5.97 Å². The van der Waals surface area contributed by atoms with Crippen LogP contribution < -0.4 is 5.32 Å². The van der Waals surface area contributed by atoms with E-state index in [1.54, 1.807) is 6.08 Å². The molecule has 0 spiro atoms. The summed E-state index contributed by atoms with van der Waals surface area (Å²) in [7, 11) is 1.45. The van der Waals surface area contributed by atoms with Gasteiger partial charge in [0, 0.05) is 19.6 Å². The smallest absolute Gasteiger partial charge is 0.313 e. The average molecular weight is 266 g/mol. The summed E-state index contributed by atoms with van der Waals surface area (Å²) in [5.41, 5.74) is -0.368.